The van der Waals surface area contributed by atoms with Gasteiger partial charge in [-0.2, -0.15) is 0 Å². The molecule has 1 aromatic heterocycles. The molecule has 0 atom stereocenters. The molecule has 1 aliphatic rings. The maximum Gasteiger partial charge on any atom is 0.136 e. The number of hydrogen-bond acceptors (Lipinski definition) is 2. The fourth-order valence-corrected chi connectivity index (χ4v) is 8.19. The van der Waals surface area contributed by atoms with E-state index in [1.807, 2.05) is 12.1 Å². The van der Waals surface area contributed by atoms with Crippen molar-refractivity contribution in [2.75, 3.05) is 4.90 Å². The Kier molecular flexibility index (Phi) is 5.95. The number of para-hydroxylation sites is 1. The van der Waals surface area contributed by atoms with Crippen LogP contribution in [0.1, 0.15) is 25.0 Å². The van der Waals surface area contributed by atoms with Gasteiger partial charge in [0.05, 0.1) is 5.69 Å². The molecular formula is C47H33NO. The van der Waals surface area contributed by atoms with Crippen LogP contribution in [0, 0.1) is 0 Å². The van der Waals surface area contributed by atoms with Crippen molar-refractivity contribution in [1.29, 1.82) is 0 Å². The predicted octanol–water partition coefficient (Wildman–Crippen LogP) is 13.3. The summed E-state index contributed by atoms with van der Waals surface area (Å²) < 4.78 is 6.24. The van der Waals surface area contributed by atoms with E-state index in [-0.39, 0.29) is 5.41 Å². The standard InChI is InChI=1S/C47H33NO/c1-47(2)42-17-9-7-14-37(42)38-26-24-34(29-43(38)47)48(44-27-32-11-3-4-12-35(32)36-13-5-6-15-39(36)44)33-22-19-30(20-23-33)31-21-25-41-40-16-8-10-18-45(40)49-46(41)28-31/h3-29H,1-2H3. The maximum atomic E-state index is 6.24. The number of benzene rings is 8. The molecule has 0 fully saturated rings. The first kappa shape index (κ1) is 27.9. The van der Waals surface area contributed by atoms with E-state index in [1.54, 1.807) is 0 Å². The molecule has 0 amide bonds. The minimum atomic E-state index is -0.0990. The molecular weight excluding hydrogens is 595 g/mol. The molecule has 0 unspecified atom stereocenters. The average Bonchev–Trinajstić information content (AvgIpc) is 3.63. The predicted molar refractivity (Wildman–Crippen MR) is 206 cm³/mol. The normalized spacial score (nSPS) is 13.3. The quantitative estimate of drug-likeness (QED) is 0.181. The van der Waals surface area contributed by atoms with Crippen LogP contribution in [0.4, 0.5) is 17.1 Å². The zero-order valence-corrected chi connectivity index (χ0v) is 27.4. The summed E-state index contributed by atoms with van der Waals surface area (Å²) in [6.07, 6.45) is 0. The zero-order valence-electron chi connectivity index (χ0n) is 27.4. The van der Waals surface area contributed by atoms with E-state index in [0.29, 0.717) is 0 Å². The summed E-state index contributed by atoms with van der Waals surface area (Å²) in [5, 5.41) is 7.27. The third kappa shape index (κ3) is 4.20. The molecule has 1 heterocycles. The lowest BCUT2D eigenvalue weighted by Gasteiger charge is -2.29. The van der Waals surface area contributed by atoms with E-state index in [0.717, 1.165) is 44.4 Å². The van der Waals surface area contributed by atoms with Crippen LogP contribution in [0.15, 0.2) is 168 Å². The minimum Gasteiger partial charge on any atom is -0.456 e. The van der Waals surface area contributed by atoms with Crippen molar-refractivity contribution >= 4 is 60.5 Å². The summed E-state index contributed by atoms with van der Waals surface area (Å²) >= 11 is 0. The lowest BCUT2D eigenvalue weighted by atomic mass is 9.82. The SMILES string of the molecule is CC1(C)c2ccccc2-c2ccc(N(c3ccc(-c4ccc5c(c4)oc4ccccc45)cc3)c3cc4ccccc4c4ccccc34)cc21. The van der Waals surface area contributed by atoms with Crippen LogP contribution >= 0.6 is 0 Å². The van der Waals surface area contributed by atoms with Gasteiger partial charge in [-0.15, -0.1) is 0 Å². The molecule has 0 bridgehead atoms. The van der Waals surface area contributed by atoms with Crippen LogP contribution in [-0.4, -0.2) is 0 Å². The molecule has 9 aromatic rings. The van der Waals surface area contributed by atoms with Gasteiger partial charge in [0.25, 0.3) is 0 Å². The highest BCUT2D eigenvalue weighted by Gasteiger charge is 2.35. The van der Waals surface area contributed by atoms with E-state index in [1.165, 1.54) is 49.5 Å². The Bertz CT molecular complexity index is 2750. The van der Waals surface area contributed by atoms with Crippen LogP contribution < -0.4 is 4.90 Å². The third-order valence-corrected chi connectivity index (χ3v) is 10.6. The summed E-state index contributed by atoms with van der Waals surface area (Å²) in [5.41, 5.74) is 12.9. The topological polar surface area (TPSA) is 16.4 Å². The summed E-state index contributed by atoms with van der Waals surface area (Å²) in [7, 11) is 0. The van der Waals surface area contributed by atoms with E-state index < -0.39 is 0 Å². The molecule has 2 nitrogen and oxygen atoms in total. The molecule has 0 N–H and O–H groups in total. The molecule has 8 aromatic carbocycles. The molecule has 10 rings (SSSR count). The monoisotopic (exact) mass is 627 g/mol. The number of nitrogens with zero attached hydrogens (tertiary/aromatic N) is 1. The Hall–Kier alpha value is -6.12. The van der Waals surface area contributed by atoms with Gasteiger partial charge in [-0.3, -0.25) is 0 Å². The Morgan fingerprint density at radius 2 is 1.06 bits per heavy atom. The molecule has 0 spiro atoms. The summed E-state index contributed by atoms with van der Waals surface area (Å²) in [4.78, 5) is 2.44. The van der Waals surface area contributed by atoms with Crippen molar-refractivity contribution in [3.63, 3.8) is 0 Å². The van der Waals surface area contributed by atoms with Crippen molar-refractivity contribution in [3.8, 4) is 22.3 Å². The molecule has 0 saturated carbocycles. The van der Waals surface area contributed by atoms with Gasteiger partial charge in [0.1, 0.15) is 11.2 Å². The van der Waals surface area contributed by atoms with E-state index in [2.05, 4.69) is 170 Å². The van der Waals surface area contributed by atoms with Crippen molar-refractivity contribution in [1.82, 2.24) is 0 Å². The van der Waals surface area contributed by atoms with Gasteiger partial charge < -0.3 is 9.32 Å². The highest BCUT2D eigenvalue weighted by Crippen LogP contribution is 2.51. The molecule has 49 heavy (non-hydrogen) atoms. The van der Waals surface area contributed by atoms with Crippen molar-refractivity contribution in [2.24, 2.45) is 0 Å². The summed E-state index contributed by atoms with van der Waals surface area (Å²) in [6.45, 7) is 4.70. The number of fused-ring (bicyclic) bond motifs is 9. The second-order valence-electron chi connectivity index (χ2n) is 13.8. The number of rotatable bonds is 4. The highest BCUT2D eigenvalue weighted by molar-refractivity contribution is 6.14. The maximum absolute atomic E-state index is 6.24. The van der Waals surface area contributed by atoms with Crippen molar-refractivity contribution < 1.29 is 4.42 Å². The van der Waals surface area contributed by atoms with Gasteiger partial charge >= 0.3 is 0 Å². The molecule has 1 aliphatic carbocycles. The van der Waals surface area contributed by atoms with Crippen LogP contribution in [-0.2, 0) is 5.41 Å². The first-order valence-electron chi connectivity index (χ1n) is 17.0. The largest absolute Gasteiger partial charge is 0.456 e. The van der Waals surface area contributed by atoms with E-state index in [4.69, 9.17) is 4.42 Å². The fourth-order valence-electron chi connectivity index (χ4n) is 8.19. The zero-order chi connectivity index (χ0) is 32.7. The van der Waals surface area contributed by atoms with Gasteiger partial charge in [0, 0.05) is 32.9 Å². The first-order valence-corrected chi connectivity index (χ1v) is 17.0. The smallest absolute Gasteiger partial charge is 0.136 e. The number of anilines is 3. The fraction of sp³-hybridized carbons (Fsp3) is 0.0638. The van der Waals surface area contributed by atoms with E-state index >= 15 is 0 Å². The molecule has 0 aliphatic heterocycles. The number of hydrogen-bond donors (Lipinski definition) is 0. The molecule has 0 saturated heterocycles. The third-order valence-electron chi connectivity index (χ3n) is 10.6. The van der Waals surface area contributed by atoms with Gasteiger partial charge in [0.2, 0.25) is 0 Å². The molecule has 2 heteroatoms. The average molecular weight is 628 g/mol. The molecule has 232 valence electrons. The summed E-state index contributed by atoms with van der Waals surface area (Å²) in [5.74, 6) is 0. The molecule has 0 radical (unpaired) electrons. The summed E-state index contributed by atoms with van der Waals surface area (Å²) in [6, 6.07) is 59.6. The van der Waals surface area contributed by atoms with Crippen molar-refractivity contribution in [3.05, 3.63) is 175 Å². The second-order valence-corrected chi connectivity index (χ2v) is 13.8. The van der Waals surface area contributed by atoms with Gasteiger partial charge in [-0.05, 0) is 98.1 Å². The van der Waals surface area contributed by atoms with Crippen LogP contribution in [0.3, 0.4) is 0 Å². The van der Waals surface area contributed by atoms with Crippen LogP contribution in [0.25, 0.3) is 65.7 Å². The number of furan rings is 1. The van der Waals surface area contributed by atoms with Crippen LogP contribution in [0.2, 0.25) is 0 Å². The van der Waals surface area contributed by atoms with E-state index in [9.17, 15) is 0 Å². The Morgan fingerprint density at radius 1 is 0.429 bits per heavy atom. The Morgan fingerprint density at radius 3 is 1.92 bits per heavy atom. The van der Waals surface area contributed by atoms with Crippen LogP contribution in [0.5, 0.6) is 0 Å². The van der Waals surface area contributed by atoms with Gasteiger partial charge in [-0.1, -0.05) is 129 Å². The van der Waals surface area contributed by atoms with Gasteiger partial charge in [0.15, 0.2) is 0 Å². The minimum absolute atomic E-state index is 0.0990. The lowest BCUT2D eigenvalue weighted by Crippen LogP contribution is -2.16. The Labute approximate surface area is 285 Å². The Balaban J connectivity index is 1.16. The van der Waals surface area contributed by atoms with Crippen molar-refractivity contribution in [2.45, 2.75) is 19.3 Å². The van der Waals surface area contributed by atoms with Gasteiger partial charge in [-0.25, -0.2) is 0 Å². The highest BCUT2D eigenvalue weighted by atomic mass is 16.3. The second kappa shape index (κ2) is 10.4. The first-order chi connectivity index (χ1) is 24.0. The lowest BCUT2D eigenvalue weighted by molar-refractivity contribution is 0.660.